The molecule has 0 saturated heterocycles. The summed E-state index contributed by atoms with van der Waals surface area (Å²) in [5.74, 6) is 0.365. The van der Waals surface area contributed by atoms with Crippen molar-refractivity contribution in [2.75, 3.05) is 0 Å². The zero-order chi connectivity index (χ0) is 14.0. The van der Waals surface area contributed by atoms with E-state index in [1.54, 1.807) is 11.3 Å². The molecule has 1 aliphatic rings. The van der Waals surface area contributed by atoms with Crippen molar-refractivity contribution in [3.8, 4) is 11.3 Å². The smallest absolute Gasteiger partial charge is 0.145 e. The topological polar surface area (TPSA) is 30.0 Å². The highest BCUT2D eigenvalue weighted by Gasteiger charge is 2.35. The van der Waals surface area contributed by atoms with E-state index in [4.69, 9.17) is 0 Å². The van der Waals surface area contributed by atoms with Crippen molar-refractivity contribution in [1.82, 2.24) is 4.98 Å². The molecule has 0 radical (unpaired) electrons. The van der Waals surface area contributed by atoms with Gasteiger partial charge in [-0.25, -0.2) is 4.98 Å². The lowest BCUT2D eigenvalue weighted by molar-refractivity contribution is -0.126. The lowest BCUT2D eigenvalue weighted by Gasteiger charge is -2.20. The van der Waals surface area contributed by atoms with Crippen molar-refractivity contribution in [3.63, 3.8) is 0 Å². The first-order chi connectivity index (χ1) is 9.67. The molecule has 0 amide bonds. The van der Waals surface area contributed by atoms with Crippen LogP contribution in [0.1, 0.15) is 37.6 Å². The summed E-state index contributed by atoms with van der Waals surface area (Å²) in [5, 5.41) is 3.00. The standard InChI is InChI=1S/C17H19NOS/c1-17(9-5-6-10-17)15(19)11-16-18-14(12-20-16)13-7-3-2-4-8-13/h2-4,7-8,12H,5-6,9-11H2,1H3. The molecule has 2 aromatic rings. The number of nitrogens with zero attached hydrogens (tertiary/aromatic N) is 1. The second-order valence-electron chi connectivity index (χ2n) is 5.86. The Bertz CT molecular complexity index is 596. The summed E-state index contributed by atoms with van der Waals surface area (Å²) in [7, 11) is 0. The Morgan fingerprint density at radius 2 is 1.95 bits per heavy atom. The van der Waals surface area contributed by atoms with Gasteiger partial charge in [0.1, 0.15) is 10.8 Å². The minimum Gasteiger partial charge on any atom is -0.299 e. The zero-order valence-electron chi connectivity index (χ0n) is 11.8. The van der Waals surface area contributed by atoms with Gasteiger partial charge in [-0.3, -0.25) is 4.79 Å². The van der Waals surface area contributed by atoms with Crippen molar-refractivity contribution in [3.05, 3.63) is 40.7 Å². The van der Waals surface area contributed by atoms with E-state index in [9.17, 15) is 4.79 Å². The Morgan fingerprint density at radius 1 is 1.25 bits per heavy atom. The fraction of sp³-hybridized carbons (Fsp3) is 0.412. The van der Waals surface area contributed by atoms with Gasteiger partial charge in [-0.15, -0.1) is 11.3 Å². The molecule has 3 heteroatoms. The summed E-state index contributed by atoms with van der Waals surface area (Å²) in [6.45, 7) is 2.12. The molecule has 1 saturated carbocycles. The number of ketones is 1. The van der Waals surface area contributed by atoms with Crippen molar-refractivity contribution < 1.29 is 4.79 Å². The average Bonchev–Trinajstić information content (AvgIpc) is 3.10. The molecule has 0 atom stereocenters. The molecule has 1 aliphatic carbocycles. The fourth-order valence-electron chi connectivity index (χ4n) is 2.92. The van der Waals surface area contributed by atoms with Crippen LogP contribution in [-0.4, -0.2) is 10.8 Å². The van der Waals surface area contributed by atoms with Gasteiger partial charge in [0.2, 0.25) is 0 Å². The quantitative estimate of drug-likeness (QED) is 0.827. The first kappa shape index (κ1) is 13.5. The highest BCUT2D eigenvalue weighted by molar-refractivity contribution is 7.10. The van der Waals surface area contributed by atoms with Crippen molar-refractivity contribution in [1.29, 1.82) is 0 Å². The molecule has 0 N–H and O–H groups in total. The van der Waals surface area contributed by atoms with Crippen LogP contribution in [0.2, 0.25) is 0 Å². The lowest BCUT2D eigenvalue weighted by Crippen LogP contribution is -2.25. The van der Waals surface area contributed by atoms with Gasteiger partial charge in [0.05, 0.1) is 12.1 Å². The van der Waals surface area contributed by atoms with E-state index in [1.165, 1.54) is 12.8 Å². The largest absolute Gasteiger partial charge is 0.299 e. The van der Waals surface area contributed by atoms with E-state index < -0.39 is 0 Å². The number of hydrogen-bond donors (Lipinski definition) is 0. The molecule has 0 aliphatic heterocycles. The average molecular weight is 285 g/mol. The van der Waals surface area contributed by atoms with Gasteiger partial charge in [-0.2, -0.15) is 0 Å². The number of carbonyl (C=O) groups excluding carboxylic acids is 1. The van der Waals surface area contributed by atoms with E-state index in [0.29, 0.717) is 12.2 Å². The minimum atomic E-state index is -0.0986. The van der Waals surface area contributed by atoms with Crippen LogP contribution in [-0.2, 0) is 11.2 Å². The Balaban J connectivity index is 1.73. The Morgan fingerprint density at radius 3 is 2.65 bits per heavy atom. The first-order valence-corrected chi connectivity index (χ1v) is 8.08. The van der Waals surface area contributed by atoms with E-state index in [2.05, 4.69) is 29.4 Å². The van der Waals surface area contributed by atoms with Crippen LogP contribution in [0.5, 0.6) is 0 Å². The molecular formula is C17H19NOS. The maximum Gasteiger partial charge on any atom is 0.145 e. The third-order valence-electron chi connectivity index (χ3n) is 4.31. The van der Waals surface area contributed by atoms with Gasteiger partial charge in [0.25, 0.3) is 0 Å². The molecule has 104 valence electrons. The molecule has 3 rings (SSSR count). The Kier molecular flexibility index (Phi) is 3.70. The summed E-state index contributed by atoms with van der Waals surface area (Å²) >= 11 is 1.60. The summed E-state index contributed by atoms with van der Waals surface area (Å²) in [6.07, 6.45) is 4.96. The minimum absolute atomic E-state index is 0.0986. The number of benzene rings is 1. The van der Waals surface area contributed by atoms with Crippen molar-refractivity contribution in [2.45, 2.75) is 39.0 Å². The Hall–Kier alpha value is -1.48. The van der Waals surface area contributed by atoms with Gasteiger partial charge in [0.15, 0.2) is 0 Å². The van der Waals surface area contributed by atoms with Crippen LogP contribution in [0.25, 0.3) is 11.3 Å². The third kappa shape index (κ3) is 2.68. The van der Waals surface area contributed by atoms with Gasteiger partial charge < -0.3 is 0 Å². The number of carbonyl (C=O) groups is 1. The summed E-state index contributed by atoms with van der Waals surface area (Å²) in [4.78, 5) is 17.1. The lowest BCUT2D eigenvalue weighted by atomic mass is 9.83. The van der Waals surface area contributed by atoms with E-state index >= 15 is 0 Å². The SMILES string of the molecule is CC1(C(=O)Cc2nc(-c3ccccc3)cs2)CCCC1. The predicted molar refractivity (Wildman–Crippen MR) is 82.8 cm³/mol. The second-order valence-corrected chi connectivity index (χ2v) is 6.80. The molecule has 1 aromatic carbocycles. The molecule has 0 spiro atoms. The van der Waals surface area contributed by atoms with Crippen LogP contribution in [0.4, 0.5) is 0 Å². The number of aromatic nitrogens is 1. The van der Waals surface area contributed by atoms with Crippen LogP contribution in [0.3, 0.4) is 0 Å². The Labute approximate surface area is 123 Å². The van der Waals surface area contributed by atoms with Crippen molar-refractivity contribution >= 4 is 17.1 Å². The molecule has 20 heavy (non-hydrogen) atoms. The number of thiazole rings is 1. The molecule has 2 nitrogen and oxygen atoms in total. The van der Waals surface area contributed by atoms with Crippen molar-refractivity contribution in [2.24, 2.45) is 5.41 Å². The summed E-state index contributed by atoms with van der Waals surface area (Å²) in [5.41, 5.74) is 2.00. The normalized spacial score (nSPS) is 17.2. The van der Waals surface area contributed by atoms with Gasteiger partial charge in [-0.1, -0.05) is 50.1 Å². The highest BCUT2D eigenvalue weighted by Crippen LogP contribution is 2.39. The molecule has 1 aromatic heterocycles. The molecule has 0 unspecified atom stereocenters. The monoisotopic (exact) mass is 285 g/mol. The molecular weight excluding hydrogens is 266 g/mol. The zero-order valence-corrected chi connectivity index (χ0v) is 12.6. The summed E-state index contributed by atoms with van der Waals surface area (Å²) < 4.78 is 0. The van der Waals surface area contributed by atoms with Gasteiger partial charge >= 0.3 is 0 Å². The van der Waals surface area contributed by atoms with Crippen LogP contribution in [0, 0.1) is 5.41 Å². The maximum absolute atomic E-state index is 12.4. The molecule has 1 fully saturated rings. The highest BCUT2D eigenvalue weighted by atomic mass is 32.1. The first-order valence-electron chi connectivity index (χ1n) is 7.20. The van der Waals surface area contributed by atoms with E-state index in [1.807, 2.05) is 18.2 Å². The van der Waals surface area contributed by atoms with Gasteiger partial charge in [-0.05, 0) is 12.8 Å². The number of hydrogen-bond acceptors (Lipinski definition) is 3. The van der Waals surface area contributed by atoms with Crippen LogP contribution in [0.15, 0.2) is 35.7 Å². The van der Waals surface area contributed by atoms with E-state index in [0.717, 1.165) is 29.1 Å². The fourth-order valence-corrected chi connectivity index (χ4v) is 3.72. The number of Topliss-reactive ketones (excluding diaryl/α,β-unsaturated/α-hetero) is 1. The predicted octanol–water partition coefficient (Wildman–Crippen LogP) is 4.50. The molecule has 1 heterocycles. The van der Waals surface area contributed by atoms with E-state index in [-0.39, 0.29) is 5.41 Å². The number of rotatable bonds is 4. The molecule has 0 bridgehead atoms. The third-order valence-corrected chi connectivity index (χ3v) is 5.16. The van der Waals surface area contributed by atoms with Gasteiger partial charge in [0, 0.05) is 16.4 Å². The van der Waals surface area contributed by atoms with Crippen LogP contribution >= 0.6 is 11.3 Å². The maximum atomic E-state index is 12.4. The van der Waals surface area contributed by atoms with Crippen LogP contribution < -0.4 is 0 Å². The second kappa shape index (κ2) is 5.49. The summed E-state index contributed by atoms with van der Waals surface area (Å²) in [6, 6.07) is 10.1.